The molecule has 1 heterocycles. The predicted molar refractivity (Wildman–Crippen MR) is 76.0 cm³/mol. The van der Waals surface area contributed by atoms with E-state index in [9.17, 15) is 8.78 Å². The van der Waals surface area contributed by atoms with E-state index in [4.69, 9.17) is 10.8 Å². The highest BCUT2D eigenvalue weighted by atomic mass is 19.1. The molecule has 1 aliphatic rings. The van der Waals surface area contributed by atoms with Gasteiger partial charge in [0.15, 0.2) is 23.5 Å². The minimum absolute atomic E-state index is 0.134. The Bertz CT molecular complexity index is 531. The summed E-state index contributed by atoms with van der Waals surface area (Å²) in [6.45, 7) is 0.486. The first-order valence-electron chi connectivity index (χ1n) is 6.54. The smallest absolute Gasteiger partial charge is 0.228 e. The number of alkyl halides is 1. The second kappa shape index (κ2) is 6.87. The SMILES string of the molecule is N=C(NC(=N)N1CCCC1)Nc1ccc(OCF)c(F)c1. The van der Waals surface area contributed by atoms with Crippen LogP contribution in [0.2, 0.25) is 0 Å². The van der Waals surface area contributed by atoms with Gasteiger partial charge in [-0.05, 0) is 25.0 Å². The molecule has 1 saturated heterocycles. The fourth-order valence-corrected chi connectivity index (χ4v) is 2.07. The van der Waals surface area contributed by atoms with Gasteiger partial charge in [0.1, 0.15) is 0 Å². The van der Waals surface area contributed by atoms with E-state index in [1.807, 2.05) is 4.90 Å². The van der Waals surface area contributed by atoms with Crippen molar-refractivity contribution in [2.45, 2.75) is 12.8 Å². The number of ether oxygens (including phenoxy) is 1. The Morgan fingerprint density at radius 2 is 2.00 bits per heavy atom. The van der Waals surface area contributed by atoms with E-state index in [0.717, 1.165) is 32.0 Å². The molecule has 1 fully saturated rings. The molecule has 0 amide bonds. The van der Waals surface area contributed by atoms with Crippen molar-refractivity contribution in [3.05, 3.63) is 24.0 Å². The minimum atomic E-state index is -1.10. The van der Waals surface area contributed by atoms with Gasteiger partial charge in [0.25, 0.3) is 0 Å². The summed E-state index contributed by atoms with van der Waals surface area (Å²) in [4.78, 5) is 1.83. The molecule has 0 bridgehead atoms. The molecule has 4 N–H and O–H groups in total. The van der Waals surface area contributed by atoms with Crippen LogP contribution < -0.4 is 15.4 Å². The maximum Gasteiger partial charge on any atom is 0.228 e. The molecule has 0 unspecified atom stereocenters. The van der Waals surface area contributed by atoms with Crippen molar-refractivity contribution in [3.63, 3.8) is 0 Å². The third-order valence-electron chi connectivity index (χ3n) is 3.08. The Morgan fingerprint density at radius 1 is 1.29 bits per heavy atom. The fraction of sp³-hybridized carbons (Fsp3) is 0.385. The van der Waals surface area contributed by atoms with Crippen molar-refractivity contribution >= 4 is 17.6 Å². The predicted octanol–water partition coefficient (Wildman–Crippen LogP) is 2.10. The quantitative estimate of drug-likeness (QED) is 0.508. The normalized spacial score (nSPS) is 13.9. The summed E-state index contributed by atoms with van der Waals surface area (Å²) in [5, 5.41) is 20.8. The lowest BCUT2D eigenvalue weighted by molar-refractivity contribution is 0.184. The second-order valence-corrected chi connectivity index (χ2v) is 4.57. The number of rotatable bonds is 3. The summed E-state index contributed by atoms with van der Waals surface area (Å²) in [7, 11) is 0. The zero-order valence-electron chi connectivity index (χ0n) is 11.4. The summed E-state index contributed by atoms with van der Waals surface area (Å²) >= 11 is 0. The number of anilines is 1. The molecular weight excluding hydrogens is 280 g/mol. The van der Waals surface area contributed by atoms with Crippen molar-refractivity contribution in [2.24, 2.45) is 0 Å². The van der Waals surface area contributed by atoms with Gasteiger partial charge in [-0.25, -0.2) is 8.78 Å². The number of halogens is 2. The largest absolute Gasteiger partial charge is 0.460 e. The minimum Gasteiger partial charge on any atom is -0.460 e. The van der Waals surface area contributed by atoms with Gasteiger partial charge in [0.05, 0.1) is 0 Å². The zero-order valence-corrected chi connectivity index (χ0v) is 11.4. The Balaban J connectivity index is 1.90. The van der Waals surface area contributed by atoms with Crippen molar-refractivity contribution in [2.75, 3.05) is 25.3 Å². The summed E-state index contributed by atoms with van der Waals surface area (Å²) in [6, 6.07) is 3.83. The van der Waals surface area contributed by atoms with Gasteiger partial charge in [-0.15, -0.1) is 0 Å². The van der Waals surface area contributed by atoms with Crippen LogP contribution in [0, 0.1) is 16.6 Å². The van der Waals surface area contributed by atoms with E-state index in [1.165, 1.54) is 12.1 Å². The maximum atomic E-state index is 13.5. The monoisotopic (exact) mass is 297 g/mol. The summed E-state index contributed by atoms with van der Waals surface area (Å²) in [6.07, 6.45) is 2.07. The van der Waals surface area contributed by atoms with Crippen LogP contribution in [-0.2, 0) is 0 Å². The van der Waals surface area contributed by atoms with Gasteiger partial charge >= 0.3 is 0 Å². The number of hydrogen-bond acceptors (Lipinski definition) is 3. The highest BCUT2D eigenvalue weighted by molar-refractivity contribution is 6.02. The van der Waals surface area contributed by atoms with Crippen molar-refractivity contribution in [1.29, 1.82) is 10.8 Å². The Kier molecular flexibility index (Phi) is 4.91. The molecule has 1 aromatic carbocycles. The van der Waals surface area contributed by atoms with Crippen LogP contribution in [0.15, 0.2) is 18.2 Å². The first kappa shape index (κ1) is 15.0. The number of hydrogen-bond donors (Lipinski definition) is 4. The van der Waals surface area contributed by atoms with Gasteiger partial charge in [-0.2, -0.15) is 0 Å². The van der Waals surface area contributed by atoms with E-state index in [1.54, 1.807) is 0 Å². The fourth-order valence-electron chi connectivity index (χ4n) is 2.07. The Morgan fingerprint density at radius 3 is 2.62 bits per heavy atom. The number of likely N-dealkylation sites (tertiary alicyclic amines) is 1. The lowest BCUT2D eigenvalue weighted by Gasteiger charge is -2.20. The Labute approximate surface area is 121 Å². The lowest BCUT2D eigenvalue weighted by Crippen LogP contribution is -2.44. The van der Waals surface area contributed by atoms with Crippen LogP contribution in [0.4, 0.5) is 14.5 Å². The highest BCUT2D eigenvalue weighted by Gasteiger charge is 2.15. The lowest BCUT2D eigenvalue weighted by atomic mass is 10.3. The molecule has 0 aromatic heterocycles. The Hall–Kier alpha value is -2.38. The molecule has 0 spiro atoms. The first-order chi connectivity index (χ1) is 10.1. The third kappa shape index (κ3) is 4.04. The van der Waals surface area contributed by atoms with E-state index in [0.29, 0.717) is 5.69 Å². The van der Waals surface area contributed by atoms with Crippen LogP contribution >= 0.6 is 0 Å². The summed E-state index contributed by atoms with van der Waals surface area (Å²) in [5.41, 5.74) is 0.311. The van der Waals surface area contributed by atoms with Gasteiger partial charge in [0.2, 0.25) is 6.86 Å². The average Bonchev–Trinajstić information content (AvgIpc) is 2.96. The summed E-state index contributed by atoms with van der Waals surface area (Å²) < 4.78 is 30.0. The number of guanidine groups is 2. The van der Waals surface area contributed by atoms with Gasteiger partial charge in [-0.1, -0.05) is 0 Å². The molecule has 8 heteroatoms. The summed E-state index contributed by atoms with van der Waals surface area (Å²) in [5.74, 6) is -0.902. The van der Waals surface area contributed by atoms with Crippen LogP contribution in [0.5, 0.6) is 5.75 Å². The van der Waals surface area contributed by atoms with Crippen LogP contribution in [0.25, 0.3) is 0 Å². The van der Waals surface area contributed by atoms with Crippen LogP contribution in [0.3, 0.4) is 0 Å². The number of nitrogens with one attached hydrogen (secondary N) is 4. The molecule has 114 valence electrons. The van der Waals surface area contributed by atoms with Crippen molar-refractivity contribution < 1.29 is 13.5 Å². The van der Waals surface area contributed by atoms with E-state index < -0.39 is 12.7 Å². The van der Waals surface area contributed by atoms with Gasteiger partial charge in [0, 0.05) is 24.8 Å². The molecular formula is C13H17F2N5O. The molecule has 21 heavy (non-hydrogen) atoms. The van der Waals surface area contributed by atoms with Gasteiger partial charge in [-0.3, -0.25) is 16.1 Å². The average molecular weight is 297 g/mol. The van der Waals surface area contributed by atoms with Crippen molar-refractivity contribution in [1.82, 2.24) is 10.2 Å². The molecule has 1 aromatic rings. The molecule has 0 saturated carbocycles. The van der Waals surface area contributed by atoms with E-state index >= 15 is 0 Å². The molecule has 2 rings (SSSR count). The topological polar surface area (TPSA) is 84.2 Å². The second-order valence-electron chi connectivity index (χ2n) is 4.57. The number of nitrogens with zero attached hydrogens (tertiary/aromatic N) is 1. The zero-order chi connectivity index (χ0) is 15.2. The molecule has 0 aliphatic carbocycles. The van der Waals surface area contributed by atoms with Crippen molar-refractivity contribution in [3.8, 4) is 5.75 Å². The van der Waals surface area contributed by atoms with Crippen LogP contribution in [-0.4, -0.2) is 36.8 Å². The maximum absolute atomic E-state index is 13.5. The molecule has 0 atom stereocenters. The highest BCUT2D eigenvalue weighted by Crippen LogP contribution is 2.21. The standard InChI is InChI=1S/C13H17F2N5O/c14-8-21-11-4-3-9(7-10(11)15)18-12(16)19-13(17)20-5-1-2-6-20/h3-4,7H,1-2,5-6,8H2,(H4,16,17,18,19). The number of benzene rings is 1. The van der Waals surface area contributed by atoms with Crippen LogP contribution in [0.1, 0.15) is 12.8 Å². The molecule has 1 aliphatic heterocycles. The molecule has 6 nitrogen and oxygen atoms in total. The van der Waals surface area contributed by atoms with Gasteiger partial charge < -0.3 is 15.0 Å². The third-order valence-corrected chi connectivity index (χ3v) is 3.08. The molecule has 0 radical (unpaired) electrons. The van der Waals surface area contributed by atoms with E-state index in [-0.39, 0.29) is 17.7 Å². The van der Waals surface area contributed by atoms with E-state index in [2.05, 4.69) is 15.4 Å². The first-order valence-corrected chi connectivity index (χ1v) is 6.54.